The van der Waals surface area contributed by atoms with E-state index in [9.17, 15) is 9.59 Å². The summed E-state index contributed by atoms with van der Waals surface area (Å²) >= 11 is 0. The van der Waals surface area contributed by atoms with Gasteiger partial charge in [-0.05, 0) is 36.7 Å². The molecule has 4 heteroatoms. The Morgan fingerprint density at radius 2 is 1.86 bits per heavy atom. The van der Waals surface area contributed by atoms with Crippen molar-refractivity contribution in [1.29, 1.82) is 0 Å². The summed E-state index contributed by atoms with van der Waals surface area (Å²) in [5, 5.41) is 12.0. The van der Waals surface area contributed by atoms with Crippen LogP contribution in [0.1, 0.15) is 57.4 Å². The van der Waals surface area contributed by atoms with Gasteiger partial charge in [-0.25, -0.2) is 0 Å². The predicted octanol–water partition coefficient (Wildman–Crippen LogP) is 3.33. The van der Waals surface area contributed by atoms with E-state index < -0.39 is 11.5 Å². The number of benzene rings is 1. The van der Waals surface area contributed by atoms with Crippen molar-refractivity contribution in [3.8, 4) is 0 Å². The highest BCUT2D eigenvalue weighted by molar-refractivity contribution is 5.79. The van der Waals surface area contributed by atoms with E-state index in [0.717, 1.165) is 24.8 Å². The summed E-state index contributed by atoms with van der Waals surface area (Å²) in [5.41, 5.74) is 0.648. The van der Waals surface area contributed by atoms with E-state index >= 15 is 0 Å². The molecule has 0 heterocycles. The number of hydrogen-bond donors (Lipinski definition) is 2. The van der Waals surface area contributed by atoms with Gasteiger partial charge in [0, 0.05) is 6.42 Å². The largest absolute Gasteiger partial charge is 0.481 e. The van der Waals surface area contributed by atoms with Gasteiger partial charge in [-0.3, -0.25) is 9.59 Å². The lowest BCUT2D eigenvalue weighted by atomic mass is 9.74. The molecular formula is C18H25NO3. The minimum absolute atomic E-state index is 0.0242. The number of carboxylic acid groups (broad SMARTS) is 1. The third-order valence-corrected chi connectivity index (χ3v) is 4.64. The number of carboxylic acids is 1. The van der Waals surface area contributed by atoms with Crippen molar-refractivity contribution in [2.45, 2.75) is 57.4 Å². The normalized spacial score (nSPS) is 17.6. The Kier molecular flexibility index (Phi) is 5.22. The minimum Gasteiger partial charge on any atom is -0.481 e. The number of rotatable bonds is 7. The van der Waals surface area contributed by atoms with E-state index in [1.807, 2.05) is 30.3 Å². The summed E-state index contributed by atoms with van der Waals surface area (Å²) in [4.78, 5) is 23.4. The average molecular weight is 303 g/mol. The second kappa shape index (κ2) is 6.95. The number of nitrogens with one attached hydrogen (secondary N) is 1. The van der Waals surface area contributed by atoms with Gasteiger partial charge in [-0.1, -0.05) is 44.2 Å². The first-order valence-electron chi connectivity index (χ1n) is 8.00. The van der Waals surface area contributed by atoms with Crippen molar-refractivity contribution in [2.75, 3.05) is 0 Å². The van der Waals surface area contributed by atoms with Crippen molar-refractivity contribution in [1.82, 2.24) is 5.32 Å². The van der Waals surface area contributed by atoms with Gasteiger partial charge in [0.1, 0.15) is 0 Å². The van der Waals surface area contributed by atoms with Crippen LogP contribution >= 0.6 is 0 Å². The van der Waals surface area contributed by atoms with E-state index in [1.54, 1.807) is 0 Å². The Hall–Kier alpha value is -1.84. The molecule has 0 spiro atoms. The Morgan fingerprint density at radius 1 is 1.23 bits per heavy atom. The molecule has 1 aliphatic rings. The molecule has 0 radical (unpaired) electrons. The van der Waals surface area contributed by atoms with E-state index in [2.05, 4.69) is 19.2 Å². The zero-order valence-electron chi connectivity index (χ0n) is 13.3. The third kappa shape index (κ3) is 4.09. The van der Waals surface area contributed by atoms with Crippen LogP contribution in [0.2, 0.25) is 0 Å². The standard InChI is InChI=1S/C18H25NO3/c1-13(2)15(14-7-4-3-5-8-14)11-16(20)19-18(9-6-10-18)12-17(21)22/h3-5,7-8,13,15H,6,9-12H2,1-2H3,(H,19,20)(H,21,22). The summed E-state index contributed by atoms with van der Waals surface area (Å²) in [6.07, 6.45) is 2.95. The molecule has 120 valence electrons. The molecule has 2 rings (SSSR count). The zero-order chi connectivity index (χ0) is 16.2. The van der Waals surface area contributed by atoms with Crippen LogP contribution in [0.4, 0.5) is 0 Å². The molecule has 0 saturated heterocycles. The summed E-state index contributed by atoms with van der Waals surface area (Å²) < 4.78 is 0. The highest BCUT2D eigenvalue weighted by atomic mass is 16.4. The highest BCUT2D eigenvalue weighted by Gasteiger charge is 2.40. The van der Waals surface area contributed by atoms with Crippen LogP contribution in [0.3, 0.4) is 0 Å². The lowest BCUT2D eigenvalue weighted by Crippen LogP contribution is -2.54. The fourth-order valence-electron chi connectivity index (χ4n) is 3.22. The highest BCUT2D eigenvalue weighted by Crippen LogP contribution is 2.36. The van der Waals surface area contributed by atoms with Crippen LogP contribution < -0.4 is 5.32 Å². The Labute approximate surface area is 131 Å². The fraction of sp³-hybridized carbons (Fsp3) is 0.556. The number of hydrogen-bond acceptors (Lipinski definition) is 2. The number of carbonyl (C=O) groups is 2. The molecule has 1 aromatic carbocycles. The Morgan fingerprint density at radius 3 is 2.32 bits per heavy atom. The molecule has 22 heavy (non-hydrogen) atoms. The molecule has 1 atom stereocenters. The maximum atomic E-state index is 12.4. The second-order valence-corrected chi connectivity index (χ2v) is 6.72. The summed E-state index contributed by atoms with van der Waals surface area (Å²) in [5.74, 6) is -0.375. The zero-order valence-corrected chi connectivity index (χ0v) is 13.3. The number of amides is 1. The van der Waals surface area contributed by atoms with Gasteiger partial charge in [-0.15, -0.1) is 0 Å². The molecule has 0 aromatic heterocycles. The molecule has 1 unspecified atom stereocenters. The summed E-state index contributed by atoms with van der Waals surface area (Å²) in [6, 6.07) is 10.0. The van der Waals surface area contributed by atoms with Gasteiger partial charge in [0.05, 0.1) is 12.0 Å². The molecule has 0 bridgehead atoms. The molecule has 1 aliphatic carbocycles. The van der Waals surface area contributed by atoms with Crippen LogP contribution in [-0.4, -0.2) is 22.5 Å². The summed E-state index contributed by atoms with van der Waals surface area (Å²) in [7, 11) is 0. The Bertz CT molecular complexity index is 520. The maximum Gasteiger partial charge on any atom is 0.305 e. The van der Waals surface area contributed by atoms with Crippen LogP contribution in [0.5, 0.6) is 0 Å². The van der Waals surface area contributed by atoms with Crippen LogP contribution in [0, 0.1) is 5.92 Å². The van der Waals surface area contributed by atoms with Gasteiger partial charge >= 0.3 is 5.97 Å². The first kappa shape index (κ1) is 16.5. The van der Waals surface area contributed by atoms with Crippen molar-refractivity contribution >= 4 is 11.9 Å². The lowest BCUT2D eigenvalue weighted by molar-refractivity contribution is -0.140. The molecule has 1 fully saturated rings. The SMILES string of the molecule is CC(C)C(CC(=O)NC1(CC(=O)O)CCC1)c1ccccc1. The molecule has 1 amide bonds. The van der Waals surface area contributed by atoms with E-state index in [-0.39, 0.29) is 18.2 Å². The molecule has 2 N–H and O–H groups in total. The first-order valence-corrected chi connectivity index (χ1v) is 8.00. The summed E-state index contributed by atoms with van der Waals surface area (Å²) in [6.45, 7) is 4.22. The smallest absolute Gasteiger partial charge is 0.305 e. The fourth-order valence-corrected chi connectivity index (χ4v) is 3.22. The Balaban J connectivity index is 2.01. The van der Waals surface area contributed by atoms with Crippen molar-refractivity contribution in [3.63, 3.8) is 0 Å². The average Bonchev–Trinajstić information content (AvgIpc) is 2.42. The van der Waals surface area contributed by atoms with Crippen molar-refractivity contribution in [3.05, 3.63) is 35.9 Å². The van der Waals surface area contributed by atoms with Crippen molar-refractivity contribution in [2.24, 2.45) is 5.92 Å². The predicted molar refractivity (Wildman–Crippen MR) is 85.6 cm³/mol. The van der Waals surface area contributed by atoms with Crippen LogP contribution in [0.15, 0.2) is 30.3 Å². The van der Waals surface area contributed by atoms with Crippen LogP contribution in [-0.2, 0) is 9.59 Å². The van der Waals surface area contributed by atoms with Gasteiger partial charge in [0.15, 0.2) is 0 Å². The minimum atomic E-state index is -0.844. The van der Waals surface area contributed by atoms with E-state index in [4.69, 9.17) is 5.11 Å². The van der Waals surface area contributed by atoms with Crippen molar-refractivity contribution < 1.29 is 14.7 Å². The molecule has 4 nitrogen and oxygen atoms in total. The van der Waals surface area contributed by atoms with E-state index in [1.165, 1.54) is 0 Å². The quantitative estimate of drug-likeness (QED) is 0.812. The van der Waals surface area contributed by atoms with E-state index in [0.29, 0.717) is 12.3 Å². The molecule has 1 saturated carbocycles. The maximum absolute atomic E-state index is 12.4. The molecule has 1 aromatic rings. The van der Waals surface area contributed by atoms with Gasteiger partial charge in [-0.2, -0.15) is 0 Å². The third-order valence-electron chi connectivity index (χ3n) is 4.64. The van der Waals surface area contributed by atoms with Gasteiger partial charge < -0.3 is 10.4 Å². The first-order chi connectivity index (χ1) is 10.4. The lowest BCUT2D eigenvalue weighted by Gasteiger charge is -2.41. The monoisotopic (exact) mass is 303 g/mol. The van der Waals surface area contributed by atoms with Gasteiger partial charge in [0.25, 0.3) is 0 Å². The molecular weight excluding hydrogens is 278 g/mol. The van der Waals surface area contributed by atoms with Crippen LogP contribution in [0.25, 0.3) is 0 Å². The topological polar surface area (TPSA) is 66.4 Å². The second-order valence-electron chi connectivity index (χ2n) is 6.72. The number of carbonyl (C=O) groups excluding carboxylic acids is 1. The number of aliphatic carboxylic acids is 1. The molecule has 0 aliphatic heterocycles. The van der Waals surface area contributed by atoms with Gasteiger partial charge in [0.2, 0.25) is 5.91 Å².